The van der Waals surface area contributed by atoms with Crippen molar-refractivity contribution in [3.63, 3.8) is 0 Å². The van der Waals surface area contributed by atoms with Gasteiger partial charge in [-0.25, -0.2) is 19.4 Å². The molecular formula is C31H18N2O10. The third kappa shape index (κ3) is 4.62. The second-order valence-corrected chi connectivity index (χ2v) is 9.42. The van der Waals surface area contributed by atoms with Gasteiger partial charge in [0, 0.05) is 0 Å². The number of anilines is 2. The quantitative estimate of drug-likeness (QED) is 0.229. The average molecular weight is 578 g/mol. The van der Waals surface area contributed by atoms with Gasteiger partial charge in [-0.3, -0.25) is 19.2 Å². The zero-order valence-corrected chi connectivity index (χ0v) is 21.8. The van der Waals surface area contributed by atoms with Crippen molar-refractivity contribution in [1.29, 1.82) is 0 Å². The lowest BCUT2D eigenvalue weighted by atomic mass is 10.1. The lowest BCUT2D eigenvalue weighted by Gasteiger charge is -2.14. The highest BCUT2D eigenvalue weighted by atomic mass is 16.7. The predicted octanol–water partition coefficient (Wildman–Crippen LogP) is 4.10. The SMILES string of the molecule is O=C(O)c1cccc(N2C(=O)c3ccc(OCOc4ccc5c(c4)C(=O)N(c4cccc(C(=O)O)c4)C5=O)cc3C2=O)c1. The van der Waals surface area contributed by atoms with E-state index in [2.05, 4.69) is 0 Å². The van der Waals surface area contributed by atoms with Crippen LogP contribution in [-0.4, -0.2) is 52.6 Å². The van der Waals surface area contributed by atoms with Crippen LogP contribution in [0.5, 0.6) is 11.5 Å². The molecule has 0 saturated carbocycles. The summed E-state index contributed by atoms with van der Waals surface area (Å²) in [5, 5.41) is 18.5. The van der Waals surface area contributed by atoms with Gasteiger partial charge in [-0.05, 0) is 72.8 Å². The van der Waals surface area contributed by atoms with Crippen molar-refractivity contribution < 1.29 is 48.5 Å². The summed E-state index contributed by atoms with van der Waals surface area (Å²) in [6.45, 7) is -0.351. The molecule has 0 saturated heterocycles. The summed E-state index contributed by atoms with van der Waals surface area (Å²) >= 11 is 0. The van der Waals surface area contributed by atoms with Crippen LogP contribution in [0.1, 0.15) is 62.1 Å². The minimum atomic E-state index is -1.20. The van der Waals surface area contributed by atoms with Gasteiger partial charge in [-0.2, -0.15) is 0 Å². The van der Waals surface area contributed by atoms with Crippen molar-refractivity contribution in [2.24, 2.45) is 0 Å². The molecule has 0 spiro atoms. The molecular weight excluding hydrogens is 560 g/mol. The van der Waals surface area contributed by atoms with Crippen molar-refractivity contribution in [2.75, 3.05) is 16.6 Å². The summed E-state index contributed by atoms with van der Waals surface area (Å²) in [5.74, 6) is -4.48. The zero-order chi connectivity index (χ0) is 30.4. The van der Waals surface area contributed by atoms with Crippen LogP contribution in [0.15, 0.2) is 84.9 Å². The Morgan fingerprint density at radius 2 is 0.930 bits per heavy atom. The number of fused-ring (bicyclic) bond motifs is 2. The van der Waals surface area contributed by atoms with Crippen LogP contribution in [0.25, 0.3) is 0 Å². The summed E-state index contributed by atoms with van der Waals surface area (Å²) in [5.41, 5.74) is 0.470. The van der Waals surface area contributed by atoms with E-state index in [4.69, 9.17) is 9.47 Å². The molecule has 43 heavy (non-hydrogen) atoms. The molecule has 212 valence electrons. The minimum absolute atomic E-state index is 0.0666. The fourth-order valence-electron chi connectivity index (χ4n) is 4.81. The first kappa shape index (κ1) is 26.9. The third-order valence-corrected chi connectivity index (χ3v) is 6.87. The first-order chi connectivity index (χ1) is 20.6. The molecule has 0 radical (unpaired) electrons. The average Bonchev–Trinajstić information content (AvgIpc) is 3.40. The van der Waals surface area contributed by atoms with Crippen molar-refractivity contribution in [3.05, 3.63) is 118 Å². The lowest BCUT2D eigenvalue weighted by molar-refractivity contribution is 0.0686. The van der Waals surface area contributed by atoms with Crippen molar-refractivity contribution in [1.82, 2.24) is 0 Å². The van der Waals surface area contributed by atoms with Gasteiger partial charge in [0.2, 0.25) is 6.79 Å². The number of carboxylic acids is 2. The van der Waals surface area contributed by atoms with Gasteiger partial charge in [0.15, 0.2) is 0 Å². The zero-order valence-electron chi connectivity index (χ0n) is 21.8. The van der Waals surface area contributed by atoms with Crippen molar-refractivity contribution in [3.8, 4) is 11.5 Å². The molecule has 4 aromatic rings. The van der Waals surface area contributed by atoms with E-state index < -0.39 is 35.6 Å². The Morgan fingerprint density at radius 1 is 0.535 bits per heavy atom. The largest absolute Gasteiger partial charge is 0.478 e. The summed E-state index contributed by atoms with van der Waals surface area (Å²) in [6.07, 6.45) is 0. The van der Waals surface area contributed by atoms with Crippen LogP contribution in [0.3, 0.4) is 0 Å². The summed E-state index contributed by atoms with van der Waals surface area (Å²) in [4.78, 5) is 76.4. The van der Waals surface area contributed by atoms with E-state index in [1.807, 2.05) is 0 Å². The molecule has 6 rings (SSSR count). The standard InChI is InChI=1S/C31H18N2O10/c34-26-22-9-7-20(13-24(22)28(36)32(26)18-5-1-3-16(11-18)30(38)39)42-15-43-21-8-10-23-25(14-21)29(37)33(27(23)35)19-6-2-4-17(12-19)31(40)41/h1-14H,15H2,(H,38,39)(H,40,41). The first-order valence-corrected chi connectivity index (χ1v) is 12.6. The number of aromatic carboxylic acids is 2. The maximum Gasteiger partial charge on any atom is 0.335 e. The molecule has 0 fully saturated rings. The Morgan fingerprint density at radius 3 is 1.33 bits per heavy atom. The molecule has 0 unspecified atom stereocenters. The summed E-state index contributed by atoms with van der Waals surface area (Å²) in [7, 11) is 0. The van der Waals surface area contributed by atoms with E-state index in [1.165, 1.54) is 84.9 Å². The number of carboxylic acid groups (broad SMARTS) is 2. The molecule has 2 aliphatic rings. The van der Waals surface area contributed by atoms with Crippen LogP contribution in [0.2, 0.25) is 0 Å². The number of carbonyl (C=O) groups is 6. The second-order valence-electron chi connectivity index (χ2n) is 9.42. The van der Waals surface area contributed by atoms with E-state index in [0.717, 1.165) is 9.80 Å². The molecule has 12 heteroatoms. The lowest BCUT2D eigenvalue weighted by Crippen LogP contribution is -2.29. The third-order valence-electron chi connectivity index (χ3n) is 6.87. The topological polar surface area (TPSA) is 168 Å². The highest BCUT2D eigenvalue weighted by Gasteiger charge is 2.38. The highest BCUT2D eigenvalue weighted by Crippen LogP contribution is 2.33. The second kappa shape index (κ2) is 10.3. The van der Waals surface area contributed by atoms with Gasteiger partial charge in [0.25, 0.3) is 23.6 Å². The summed E-state index contributed by atoms with van der Waals surface area (Å²) in [6, 6.07) is 19.5. The number of ether oxygens (including phenoxy) is 2. The number of hydrogen-bond acceptors (Lipinski definition) is 8. The van der Waals surface area contributed by atoms with Gasteiger partial charge in [-0.1, -0.05) is 12.1 Å². The number of carbonyl (C=O) groups excluding carboxylic acids is 4. The molecule has 2 N–H and O–H groups in total. The maximum atomic E-state index is 13.1. The van der Waals surface area contributed by atoms with Gasteiger partial charge in [0.1, 0.15) is 11.5 Å². The predicted molar refractivity (Wildman–Crippen MR) is 148 cm³/mol. The van der Waals surface area contributed by atoms with E-state index in [1.54, 1.807) is 0 Å². The van der Waals surface area contributed by atoms with Crippen molar-refractivity contribution in [2.45, 2.75) is 0 Å². The summed E-state index contributed by atoms with van der Waals surface area (Å²) < 4.78 is 11.2. The number of benzene rings is 4. The Bertz CT molecular complexity index is 1780. The van der Waals surface area contributed by atoms with E-state index in [0.29, 0.717) is 0 Å². The van der Waals surface area contributed by atoms with Crippen LogP contribution in [0, 0.1) is 0 Å². The molecule has 2 heterocycles. The molecule has 12 nitrogen and oxygen atoms in total. The smallest absolute Gasteiger partial charge is 0.335 e. The molecule has 4 aromatic carbocycles. The number of rotatable bonds is 8. The monoisotopic (exact) mass is 578 g/mol. The Hall–Kier alpha value is -6.30. The van der Waals surface area contributed by atoms with Crippen molar-refractivity contribution >= 4 is 46.9 Å². The van der Waals surface area contributed by atoms with Gasteiger partial charge in [-0.15, -0.1) is 0 Å². The molecule has 0 aliphatic carbocycles. The first-order valence-electron chi connectivity index (χ1n) is 12.6. The van der Waals surface area contributed by atoms with Gasteiger partial charge < -0.3 is 19.7 Å². The minimum Gasteiger partial charge on any atom is -0.478 e. The Kier molecular flexibility index (Phi) is 6.42. The Balaban J connectivity index is 1.15. The van der Waals surface area contributed by atoms with Crippen LogP contribution in [-0.2, 0) is 0 Å². The van der Waals surface area contributed by atoms with Gasteiger partial charge in [0.05, 0.1) is 44.8 Å². The maximum absolute atomic E-state index is 13.1. The van der Waals surface area contributed by atoms with E-state index in [-0.39, 0.29) is 63.0 Å². The fourth-order valence-corrected chi connectivity index (χ4v) is 4.81. The molecule has 4 amide bonds. The van der Waals surface area contributed by atoms with Gasteiger partial charge >= 0.3 is 11.9 Å². The highest BCUT2D eigenvalue weighted by molar-refractivity contribution is 6.35. The van der Waals surface area contributed by atoms with E-state index in [9.17, 15) is 39.0 Å². The van der Waals surface area contributed by atoms with Crippen LogP contribution >= 0.6 is 0 Å². The number of hydrogen-bond donors (Lipinski definition) is 2. The normalized spacial score (nSPS) is 13.7. The number of amides is 4. The molecule has 0 atom stereocenters. The Labute approximate surface area is 241 Å². The molecule has 2 aliphatic heterocycles. The van der Waals surface area contributed by atoms with Crippen LogP contribution in [0.4, 0.5) is 11.4 Å². The van der Waals surface area contributed by atoms with Crippen LogP contribution < -0.4 is 19.3 Å². The van der Waals surface area contributed by atoms with E-state index >= 15 is 0 Å². The number of nitrogens with zero attached hydrogens (tertiary/aromatic N) is 2. The fraction of sp³-hybridized carbons (Fsp3) is 0.0323. The molecule has 0 bridgehead atoms. The molecule has 0 aromatic heterocycles. The number of imide groups is 2.